The summed E-state index contributed by atoms with van der Waals surface area (Å²) in [6, 6.07) is 9.28. The van der Waals surface area contributed by atoms with Crippen LogP contribution in [0.25, 0.3) is 5.65 Å². The van der Waals surface area contributed by atoms with Gasteiger partial charge in [-0.15, -0.1) is 27.6 Å². The molecule has 49 heavy (non-hydrogen) atoms. The largest absolute Gasteiger partial charge is 0.543 e. The van der Waals surface area contributed by atoms with Crippen LogP contribution < -0.4 is 21.1 Å². The van der Waals surface area contributed by atoms with Crippen LogP contribution in [-0.4, -0.2) is 76.1 Å². The van der Waals surface area contributed by atoms with E-state index in [0.29, 0.717) is 17.7 Å². The summed E-state index contributed by atoms with van der Waals surface area (Å²) in [7, 11) is 0. The minimum absolute atomic E-state index is 0.00518. The van der Waals surface area contributed by atoms with Gasteiger partial charge in [0.1, 0.15) is 24.3 Å². The number of hydrogen-bond donors (Lipinski definition) is 4. The van der Waals surface area contributed by atoms with Crippen LogP contribution in [0.2, 0.25) is 0 Å². The van der Waals surface area contributed by atoms with E-state index in [-0.39, 0.29) is 46.8 Å². The number of thiazole rings is 1. The zero-order valence-corrected chi connectivity index (χ0v) is 27.9. The molecule has 0 unspecified atom stereocenters. The number of carboxylic acid groups (broad SMARTS) is 2. The number of nitrogen functional groups attached to an aromatic ring is 2. The number of β-lactam (4-membered cyclic amide) rings is 1. The average molecular weight is 706 g/mol. The molecule has 4 aromatic rings. The van der Waals surface area contributed by atoms with Crippen LogP contribution in [0.15, 0.2) is 70.7 Å². The molecule has 3 aromatic heterocycles. The molecule has 0 radical (unpaired) electrons. The van der Waals surface area contributed by atoms with Gasteiger partial charge in [-0.25, -0.2) is 19.0 Å². The second-order valence-corrected chi connectivity index (χ2v) is 13.9. The minimum Gasteiger partial charge on any atom is -0.543 e. The number of ketones is 1. The molecular weight excluding hydrogens is 675 g/mol. The van der Waals surface area contributed by atoms with Gasteiger partial charge < -0.3 is 31.3 Å². The fraction of sp³-hybridized carbons (Fsp3) is 0.290. The number of benzene rings is 1. The Balaban J connectivity index is 1.19. The van der Waals surface area contributed by atoms with Crippen molar-refractivity contribution in [1.82, 2.24) is 19.1 Å². The number of Topliss-reactive ketones (excluding diaryl/α,β-unsaturated/α-hetero) is 1. The first-order chi connectivity index (χ1) is 23.2. The molecule has 5 heterocycles. The molecule has 0 aliphatic carbocycles. The first kappa shape index (κ1) is 33.4. The summed E-state index contributed by atoms with van der Waals surface area (Å²) in [5.74, 6) is -4.61. The lowest BCUT2D eigenvalue weighted by Crippen LogP contribution is -2.63. The van der Waals surface area contributed by atoms with E-state index < -0.39 is 40.5 Å². The molecule has 1 aromatic carbocycles. The number of fused-ring (bicyclic) bond motifs is 2. The maximum Gasteiger partial charge on any atom is 0.350 e. The molecule has 2 aliphatic heterocycles. The zero-order valence-electron chi connectivity index (χ0n) is 26.2. The summed E-state index contributed by atoms with van der Waals surface area (Å²) in [5.41, 5.74) is 12.1. The normalized spacial score (nSPS) is 18.0. The number of imidazole rings is 1. The Hall–Kier alpha value is -5.49. The van der Waals surface area contributed by atoms with Crippen LogP contribution in [0.1, 0.15) is 37.1 Å². The molecule has 254 valence electrons. The van der Waals surface area contributed by atoms with Gasteiger partial charge in [0.2, 0.25) is 11.5 Å². The van der Waals surface area contributed by atoms with Crippen LogP contribution in [0, 0.1) is 11.3 Å². The van der Waals surface area contributed by atoms with Gasteiger partial charge in [0.15, 0.2) is 22.8 Å². The number of carbonyl (C=O) groups excluding carboxylic acids is 3. The Morgan fingerprint density at radius 1 is 1.22 bits per heavy atom. The highest BCUT2D eigenvalue weighted by molar-refractivity contribution is 8.00. The second kappa shape index (κ2) is 12.8. The third-order valence-electron chi connectivity index (χ3n) is 8.22. The van der Waals surface area contributed by atoms with Crippen molar-refractivity contribution in [2.24, 2.45) is 16.8 Å². The molecule has 18 heteroatoms. The highest BCUT2D eigenvalue weighted by Crippen LogP contribution is 2.45. The monoisotopic (exact) mass is 705 g/mol. The lowest BCUT2D eigenvalue weighted by Gasteiger charge is -2.50. The summed E-state index contributed by atoms with van der Waals surface area (Å²) >= 11 is 2.38. The average Bonchev–Trinajstić information content (AvgIpc) is 3.78. The predicted molar refractivity (Wildman–Crippen MR) is 176 cm³/mol. The molecule has 6 N–H and O–H groups in total. The molecule has 2 aliphatic rings. The van der Waals surface area contributed by atoms with E-state index in [2.05, 4.69) is 10.1 Å². The summed E-state index contributed by atoms with van der Waals surface area (Å²) < 4.78 is 5.72. The lowest BCUT2D eigenvalue weighted by molar-refractivity contribution is -0.661. The fourth-order valence-electron chi connectivity index (χ4n) is 5.55. The number of anilines is 1. The Labute approximate surface area is 286 Å². The summed E-state index contributed by atoms with van der Waals surface area (Å²) in [6.07, 6.45) is 5.23. The molecule has 0 saturated carbocycles. The number of carboxylic acids is 2. The molecule has 2 atom stereocenters. The number of aliphatic carboxylic acids is 2. The highest BCUT2D eigenvalue weighted by atomic mass is 32.2. The van der Waals surface area contributed by atoms with E-state index in [0.717, 1.165) is 22.5 Å². The topological polar surface area (TPSA) is 238 Å². The van der Waals surface area contributed by atoms with Gasteiger partial charge >= 0.3 is 11.6 Å². The van der Waals surface area contributed by atoms with Crippen molar-refractivity contribution < 1.29 is 38.8 Å². The zero-order chi connectivity index (χ0) is 35.2. The molecule has 6 rings (SSSR count). The van der Waals surface area contributed by atoms with Crippen molar-refractivity contribution in [2.45, 2.75) is 44.3 Å². The smallest absolute Gasteiger partial charge is 0.350 e. The second-order valence-electron chi connectivity index (χ2n) is 12.0. The van der Waals surface area contributed by atoms with Crippen molar-refractivity contribution in [3.8, 4) is 0 Å². The van der Waals surface area contributed by atoms with Gasteiger partial charge in [-0.3, -0.25) is 19.9 Å². The third kappa shape index (κ3) is 6.39. The molecule has 1 saturated heterocycles. The highest BCUT2D eigenvalue weighted by Gasteiger charge is 2.53. The van der Waals surface area contributed by atoms with Gasteiger partial charge in [0.25, 0.3) is 0 Å². The van der Waals surface area contributed by atoms with E-state index in [1.807, 2.05) is 50.6 Å². The van der Waals surface area contributed by atoms with Gasteiger partial charge in [0.05, 0.1) is 41.8 Å². The van der Waals surface area contributed by atoms with Crippen LogP contribution in [0.4, 0.5) is 5.13 Å². The number of aromatic nitrogens is 4. The number of nitrogens with two attached hydrogens (primary N) is 2. The number of oxime groups is 1. The molecular formula is C31H31N9O7S2. The van der Waals surface area contributed by atoms with Crippen LogP contribution in [0.5, 0.6) is 0 Å². The number of nitrogens with zero attached hydrogens (tertiary/aromatic N) is 6. The van der Waals surface area contributed by atoms with E-state index >= 15 is 0 Å². The van der Waals surface area contributed by atoms with Crippen molar-refractivity contribution in [3.63, 3.8) is 0 Å². The fourth-order valence-corrected chi connectivity index (χ4v) is 7.50. The van der Waals surface area contributed by atoms with Crippen molar-refractivity contribution in [2.75, 3.05) is 11.5 Å². The van der Waals surface area contributed by atoms with Gasteiger partial charge in [0, 0.05) is 23.1 Å². The SMILES string of the molecule is CC(C)(O/N=C(\C(=O)C[C@@H]1C(=O)N2C(C(=O)[O-])=C(Cn3ccc4n3cc[n+]4Cc3ccc(C(=N)N)cc3)CS[C@H]12)c1csc(N)n1)C(=O)O. The molecule has 16 nitrogen and oxygen atoms in total. The van der Waals surface area contributed by atoms with Crippen LogP contribution in [-0.2, 0) is 37.1 Å². The maximum atomic E-state index is 13.5. The Bertz CT molecular complexity index is 2080. The Kier molecular flexibility index (Phi) is 8.76. The number of amides is 1. The number of hydrogen-bond acceptors (Lipinski definition) is 12. The molecule has 1 amide bonds. The first-order valence-electron chi connectivity index (χ1n) is 14.9. The summed E-state index contributed by atoms with van der Waals surface area (Å²) in [5, 5.41) is 34.2. The number of nitrogens with one attached hydrogen (secondary N) is 1. The minimum atomic E-state index is -1.75. The van der Waals surface area contributed by atoms with Gasteiger partial charge in [-0.05, 0) is 25.0 Å². The van der Waals surface area contributed by atoms with E-state index in [1.165, 1.54) is 35.9 Å². The standard InChI is InChI=1S/C31H31N9O7S2/c1-31(2,29(45)46)47-36-23(20-15-49-30(34)35-20)21(41)11-19-26(42)40-24(28(43)44)18(14-48-27(19)40)13-38-8-7-22-37(9-10-39(22)38)12-16-3-5-17(6-4-16)25(32)33/h3-10,15,19,27H,11-14H2,1-2H3,(H6-,32,33,34,35,43,44,45,46)/b36-23-/t19-,27-/m1/s1. The maximum absolute atomic E-state index is 13.5. The number of carbonyl (C=O) groups is 4. The number of rotatable bonds is 13. The van der Waals surface area contributed by atoms with E-state index in [9.17, 15) is 29.4 Å². The van der Waals surface area contributed by atoms with Crippen molar-refractivity contribution in [3.05, 3.63) is 82.4 Å². The van der Waals surface area contributed by atoms with Crippen molar-refractivity contribution >= 4 is 69.1 Å². The predicted octanol–water partition coefficient (Wildman–Crippen LogP) is 0.178. The molecule has 0 bridgehead atoms. The van der Waals surface area contributed by atoms with Gasteiger partial charge in [-0.1, -0.05) is 29.4 Å². The first-order valence-corrected chi connectivity index (χ1v) is 16.8. The third-order valence-corrected chi connectivity index (χ3v) is 10.3. The van der Waals surface area contributed by atoms with Crippen LogP contribution in [0.3, 0.4) is 0 Å². The quantitative estimate of drug-likeness (QED) is 0.0481. The van der Waals surface area contributed by atoms with E-state index in [4.69, 9.17) is 21.7 Å². The van der Waals surface area contributed by atoms with Crippen LogP contribution >= 0.6 is 23.1 Å². The van der Waals surface area contributed by atoms with E-state index in [1.54, 1.807) is 12.1 Å². The number of thioether (sulfide) groups is 1. The summed E-state index contributed by atoms with van der Waals surface area (Å²) in [6.45, 7) is 3.24. The molecule has 0 spiro atoms. The summed E-state index contributed by atoms with van der Waals surface area (Å²) in [4.78, 5) is 61.3. The lowest BCUT2D eigenvalue weighted by atomic mass is 9.89. The number of amidine groups is 1. The van der Waals surface area contributed by atoms with Gasteiger partial charge in [-0.2, -0.15) is 0 Å². The Morgan fingerprint density at radius 3 is 2.59 bits per heavy atom. The van der Waals surface area contributed by atoms with Crippen molar-refractivity contribution in [1.29, 1.82) is 5.41 Å². The molecule has 1 fully saturated rings. The Morgan fingerprint density at radius 2 is 1.96 bits per heavy atom.